The molecule has 1 saturated heterocycles. The zero-order valence-corrected chi connectivity index (χ0v) is 18.2. The third kappa shape index (κ3) is 4.60. The quantitative estimate of drug-likeness (QED) is 0.799. The summed E-state index contributed by atoms with van der Waals surface area (Å²) in [6, 6.07) is 10.5. The summed E-state index contributed by atoms with van der Waals surface area (Å²) < 4.78 is 5.75. The highest BCUT2D eigenvalue weighted by molar-refractivity contribution is 5.89. The fraction of sp³-hybridized carbons (Fsp3) is 0.650. The second-order valence-electron chi connectivity index (χ2n) is 7.90. The number of nitrogens with two attached hydrogens (primary N) is 1. The highest BCUT2D eigenvalue weighted by Crippen LogP contribution is 2.50. The first-order chi connectivity index (χ1) is 11.9. The van der Waals surface area contributed by atoms with E-state index in [4.69, 9.17) is 10.5 Å². The van der Waals surface area contributed by atoms with E-state index < -0.39 is 5.54 Å². The summed E-state index contributed by atoms with van der Waals surface area (Å²) in [5.41, 5.74) is 6.75. The first kappa shape index (κ1) is 24.2. The van der Waals surface area contributed by atoms with Crippen LogP contribution in [0.25, 0.3) is 0 Å². The summed E-state index contributed by atoms with van der Waals surface area (Å²) in [7, 11) is 0. The Kier molecular flexibility index (Phi) is 8.57. The fourth-order valence-corrected chi connectivity index (χ4v) is 4.03. The lowest BCUT2D eigenvalue weighted by Crippen LogP contribution is -2.76. The largest absolute Gasteiger partial charge is 0.378 e. The van der Waals surface area contributed by atoms with Crippen molar-refractivity contribution in [1.82, 2.24) is 9.80 Å². The summed E-state index contributed by atoms with van der Waals surface area (Å²) in [5, 5.41) is 0. The molecule has 2 aliphatic rings. The Hall–Kier alpha value is -0.850. The SMILES string of the molecule is CCOC1CC(N)(C(=O)N2CCN(Cc3ccccc3)CC2)C1(C)C.Cl.Cl. The van der Waals surface area contributed by atoms with Crippen molar-refractivity contribution in [3.05, 3.63) is 35.9 Å². The van der Waals surface area contributed by atoms with Crippen LogP contribution in [0.2, 0.25) is 0 Å². The van der Waals surface area contributed by atoms with E-state index in [1.54, 1.807) is 0 Å². The molecule has 2 N–H and O–H groups in total. The first-order valence-electron chi connectivity index (χ1n) is 9.34. The molecule has 3 rings (SSSR count). The maximum atomic E-state index is 13.1. The average Bonchev–Trinajstić information content (AvgIpc) is 2.62. The third-order valence-electron chi connectivity index (χ3n) is 6.12. The molecule has 1 amide bonds. The zero-order chi connectivity index (χ0) is 18.1. The fourth-order valence-electron chi connectivity index (χ4n) is 4.03. The van der Waals surface area contributed by atoms with Gasteiger partial charge < -0.3 is 15.4 Å². The molecule has 2 atom stereocenters. The molecule has 1 aromatic rings. The minimum absolute atomic E-state index is 0. The predicted octanol–water partition coefficient (Wildman–Crippen LogP) is 2.71. The van der Waals surface area contributed by atoms with Gasteiger partial charge in [0, 0.05) is 51.2 Å². The monoisotopic (exact) mass is 417 g/mol. The number of hydrogen-bond acceptors (Lipinski definition) is 4. The van der Waals surface area contributed by atoms with Gasteiger partial charge >= 0.3 is 0 Å². The van der Waals surface area contributed by atoms with Gasteiger partial charge in [-0.25, -0.2) is 0 Å². The second-order valence-corrected chi connectivity index (χ2v) is 7.90. The topological polar surface area (TPSA) is 58.8 Å². The van der Waals surface area contributed by atoms with Gasteiger partial charge in [0.15, 0.2) is 0 Å². The van der Waals surface area contributed by atoms with Crippen molar-refractivity contribution in [2.24, 2.45) is 11.1 Å². The lowest BCUT2D eigenvalue weighted by molar-refractivity contribution is -0.180. The van der Waals surface area contributed by atoms with E-state index in [1.807, 2.05) is 17.9 Å². The molecule has 0 bridgehead atoms. The number of halogens is 2. The van der Waals surface area contributed by atoms with E-state index >= 15 is 0 Å². The molecule has 5 nitrogen and oxygen atoms in total. The maximum Gasteiger partial charge on any atom is 0.243 e. The second kappa shape index (κ2) is 9.57. The van der Waals surface area contributed by atoms with Crippen molar-refractivity contribution in [3.8, 4) is 0 Å². The predicted molar refractivity (Wildman–Crippen MR) is 114 cm³/mol. The van der Waals surface area contributed by atoms with Gasteiger partial charge in [-0.05, 0) is 12.5 Å². The van der Waals surface area contributed by atoms with Gasteiger partial charge in [-0.15, -0.1) is 24.8 Å². The van der Waals surface area contributed by atoms with Crippen LogP contribution >= 0.6 is 24.8 Å². The van der Waals surface area contributed by atoms with Crippen LogP contribution in [-0.4, -0.2) is 60.1 Å². The van der Waals surface area contributed by atoms with Crippen LogP contribution in [0.4, 0.5) is 0 Å². The average molecular weight is 418 g/mol. The zero-order valence-electron chi connectivity index (χ0n) is 16.5. The number of carbonyl (C=O) groups is 1. The van der Waals surface area contributed by atoms with E-state index in [0.29, 0.717) is 13.0 Å². The number of nitrogens with zero attached hydrogens (tertiary/aromatic N) is 2. The van der Waals surface area contributed by atoms with Gasteiger partial charge in [0.05, 0.1) is 6.10 Å². The summed E-state index contributed by atoms with van der Waals surface area (Å²) in [6.07, 6.45) is 0.697. The Labute approximate surface area is 175 Å². The molecule has 1 aromatic carbocycles. The van der Waals surface area contributed by atoms with Crippen molar-refractivity contribution >= 4 is 30.7 Å². The molecular weight excluding hydrogens is 385 g/mol. The number of rotatable bonds is 5. The van der Waals surface area contributed by atoms with Crippen molar-refractivity contribution in [2.45, 2.75) is 45.4 Å². The molecule has 7 heteroatoms. The smallest absolute Gasteiger partial charge is 0.243 e. The normalized spacial score (nSPS) is 27.1. The summed E-state index contributed by atoms with van der Waals surface area (Å²) in [4.78, 5) is 17.4. The maximum absolute atomic E-state index is 13.1. The Morgan fingerprint density at radius 1 is 1.15 bits per heavy atom. The Balaban J connectivity index is 0.00000182. The summed E-state index contributed by atoms with van der Waals surface area (Å²) in [6.45, 7) is 11.0. The molecule has 1 aliphatic carbocycles. The molecule has 1 saturated carbocycles. The van der Waals surface area contributed by atoms with E-state index in [2.05, 4.69) is 43.0 Å². The van der Waals surface area contributed by atoms with Crippen molar-refractivity contribution in [3.63, 3.8) is 0 Å². The van der Waals surface area contributed by atoms with E-state index in [0.717, 1.165) is 32.7 Å². The van der Waals surface area contributed by atoms with E-state index in [-0.39, 0.29) is 42.2 Å². The summed E-state index contributed by atoms with van der Waals surface area (Å²) in [5.74, 6) is 0.0906. The van der Waals surface area contributed by atoms with E-state index in [1.165, 1.54) is 5.56 Å². The molecule has 2 fully saturated rings. The molecule has 1 heterocycles. The number of amides is 1. The van der Waals surface area contributed by atoms with Gasteiger partial charge in [0.1, 0.15) is 5.54 Å². The minimum atomic E-state index is -0.797. The van der Waals surface area contributed by atoms with Crippen LogP contribution in [0.15, 0.2) is 30.3 Å². The molecule has 0 aromatic heterocycles. The standard InChI is InChI=1S/C20H31N3O2.2ClH/c1-4-25-17-14-20(21,19(17,2)3)18(24)23-12-10-22(11-13-23)15-16-8-6-5-7-9-16;;/h5-9,17H,4,10-15,21H2,1-3H3;2*1H. The van der Waals surface area contributed by atoms with Crippen LogP contribution in [0.5, 0.6) is 0 Å². The van der Waals surface area contributed by atoms with Crippen LogP contribution < -0.4 is 5.73 Å². The lowest BCUT2D eigenvalue weighted by Gasteiger charge is -2.59. The number of hydrogen-bond donors (Lipinski definition) is 1. The molecule has 154 valence electrons. The van der Waals surface area contributed by atoms with Crippen LogP contribution in [-0.2, 0) is 16.1 Å². The number of benzene rings is 1. The molecule has 1 aliphatic heterocycles. The minimum Gasteiger partial charge on any atom is -0.378 e. The van der Waals surface area contributed by atoms with E-state index in [9.17, 15) is 4.79 Å². The summed E-state index contributed by atoms with van der Waals surface area (Å²) >= 11 is 0. The first-order valence-corrected chi connectivity index (χ1v) is 9.34. The molecule has 0 radical (unpaired) electrons. The Morgan fingerprint density at radius 3 is 2.26 bits per heavy atom. The molecular formula is C20H33Cl2N3O2. The van der Waals surface area contributed by atoms with Crippen LogP contribution in [0.1, 0.15) is 32.8 Å². The highest BCUT2D eigenvalue weighted by atomic mass is 35.5. The molecule has 2 unspecified atom stereocenters. The third-order valence-corrected chi connectivity index (χ3v) is 6.12. The van der Waals surface area contributed by atoms with Crippen LogP contribution in [0, 0.1) is 5.41 Å². The van der Waals surface area contributed by atoms with Gasteiger partial charge in [0.2, 0.25) is 5.91 Å². The molecule has 0 spiro atoms. The van der Waals surface area contributed by atoms with Gasteiger partial charge in [-0.2, -0.15) is 0 Å². The Bertz CT molecular complexity index is 607. The number of piperazine rings is 1. The Morgan fingerprint density at radius 2 is 1.74 bits per heavy atom. The lowest BCUT2D eigenvalue weighted by atomic mass is 9.54. The van der Waals surface area contributed by atoms with Crippen molar-refractivity contribution in [2.75, 3.05) is 32.8 Å². The van der Waals surface area contributed by atoms with Crippen LogP contribution in [0.3, 0.4) is 0 Å². The van der Waals surface area contributed by atoms with Crippen molar-refractivity contribution in [1.29, 1.82) is 0 Å². The molecule has 27 heavy (non-hydrogen) atoms. The number of carbonyl (C=O) groups excluding carboxylic acids is 1. The highest BCUT2D eigenvalue weighted by Gasteiger charge is 2.63. The number of ether oxygens (including phenoxy) is 1. The van der Waals surface area contributed by atoms with Gasteiger partial charge in [0.25, 0.3) is 0 Å². The van der Waals surface area contributed by atoms with Gasteiger partial charge in [-0.3, -0.25) is 9.69 Å². The van der Waals surface area contributed by atoms with Gasteiger partial charge in [-0.1, -0.05) is 44.2 Å². The van der Waals surface area contributed by atoms with Crippen molar-refractivity contribution < 1.29 is 9.53 Å².